The second-order valence-corrected chi connectivity index (χ2v) is 6.04. The molecule has 0 N–H and O–H groups in total. The lowest BCUT2D eigenvalue weighted by molar-refractivity contribution is 0.169. The molecule has 1 aromatic rings. The molecule has 0 aliphatic carbocycles. The first-order valence-electron chi connectivity index (χ1n) is 5.19. The van der Waals surface area contributed by atoms with E-state index in [9.17, 15) is 8.78 Å². The Balaban J connectivity index is 3.00. The Kier molecular flexibility index (Phi) is 5.10. The number of benzene rings is 1. The van der Waals surface area contributed by atoms with Gasteiger partial charge in [0.15, 0.2) is 0 Å². The van der Waals surface area contributed by atoms with Crippen LogP contribution in [-0.4, -0.2) is 22.8 Å². The van der Waals surface area contributed by atoms with Crippen molar-refractivity contribution >= 4 is 31.9 Å². The van der Waals surface area contributed by atoms with E-state index in [-0.39, 0.29) is 17.6 Å². The zero-order valence-electron chi connectivity index (χ0n) is 10.0. The fourth-order valence-corrected chi connectivity index (χ4v) is 2.07. The Morgan fingerprint density at radius 1 is 1.29 bits per heavy atom. The molecule has 1 nitrogen and oxygen atoms in total. The zero-order chi connectivity index (χ0) is 13.2. The van der Waals surface area contributed by atoms with Crippen molar-refractivity contribution in [1.29, 1.82) is 0 Å². The van der Waals surface area contributed by atoms with Gasteiger partial charge >= 0.3 is 0 Å². The van der Waals surface area contributed by atoms with Crippen molar-refractivity contribution in [1.82, 2.24) is 4.90 Å². The van der Waals surface area contributed by atoms with Crippen molar-refractivity contribution in [2.75, 3.05) is 12.4 Å². The van der Waals surface area contributed by atoms with Crippen molar-refractivity contribution in [3.05, 3.63) is 33.8 Å². The summed E-state index contributed by atoms with van der Waals surface area (Å²) in [5.41, 5.74) is -0.0721. The Hall–Kier alpha value is -0.0000000000000000555. The first-order valence-corrected chi connectivity index (χ1v) is 7.10. The second kappa shape index (κ2) is 5.76. The minimum atomic E-state index is -0.526. The Morgan fingerprint density at radius 3 is 2.41 bits per heavy atom. The first-order chi connectivity index (χ1) is 7.79. The fourth-order valence-electron chi connectivity index (χ4n) is 1.27. The minimum absolute atomic E-state index is 0.0934. The van der Waals surface area contributed by atoms with Crippen LogP contribution >= 0.6 is 31.9 Å². The smallest absolute Gasteiger partial charge is 0.144 e. The third-order valence-corrected chi connectivity index (χ3v) is 4.88. The first kappa shape index (κ1) is 15.1. The Labute approximate surface area is 117 Å². The fraction of sp³-hybridized carbons (Fsp3) is 0.500. The van der Waals surface area contributed by atoms with E-state index < -0.39 is 11.6 Å². The summed E-state index contributed by atoms with van der Waals surface area (Å²) in [5, 5.41) is 0.730. The van der Waals surface area contributed by atoms with Gasteiger partial charge in [0.25, 0.3) is 0 Å². The van der Waals surface area contributed by atoms with E-state index in [2.05, 4.69) is 31.9 Å². The highest BCUT2D eigenvalue weighted by Gasteiger charge is 2.24. The molecule has 0 amide bonds. The van der Waals surface area contributed by atoms with Gasteiger partial charge in [-0.25, -0.2) is 8.78 Å². The van der Waals surface area contributed by atoms with E-state index in [1.165, 1.54) is 12.1 Å². The van der Waals surface area contributed by atoms with Crippen LogP contribution in [0.3, 0.4) is 0 Å². The lowest BCUT2D eigenvalue weighted by Crippen LogP contribution is -2.42. The van der Waals surface area contributed by atoms with Crippen molar-refractivity contribution in [2.45, 2.75) is 25.9 Å². The van der Waals surface area contributed by atoms with Crippen molar-refractivity contribution in [3.63, 3.8) is 0 Å². The molecule has 0 aliphatic rings. The lowest BCUT2D eigenvalue weighted by Gasteiger charge is -2.34. The molecular weight excluding hydrogens is 356 g/mol. The average Bonchev–Trinajstić information content (AvgIpc) is 2.29. The summed E-state index contributed by atoms with van der Waals surface area (Å²) in [7, 11) is 1.85. The van der Waals surface area contributed by atoms with E-state index in [0.717, 1.165) is 5.33 Å². The third kappa shape index (κ3) is 3.48. The van der Waals surface area contributed by atoms with Crippen LogP contribution in [0.4, 0.5) is 8.78 Å². The number of rotatable bonds is 4. The van der Waals surface area contributed by atoms with Gasteiger partial charge in [-0.05, 0) is 49.0 Å². The molecular formula is C12H15Br2F2N. The number of halogens is 4. The summed E-state index contributed by atoms with van der Waals surface area (Å²) < 4.78 is 27.7. The van der Waals surface area contributed by atoms with E-state index in [1.54, 1.807) is 0 Å². The topological polar surface area (TPSA) is 3.24 Å². The molecule has 0 radical (unpaired) electrons. The molecule has 0 atom stereocenters. The van der Waals surface area contributed by atoms with Gasteiger partial charge in [-0.15, -0.1) is 0 Å². The number of alkyl halides is 1. The maximum absolute atomic E-state index is 13.8. The second-order valence-electron chi connectivity index (χ2n) is 4.62. The van der Waals surface area contributed by atoms with Crippen molar-refractivity contribution in [3.8, 4) is 0 Å². The van der Waals surface area contributed by atoms with Crippen molar-refractivity contribution in [2.24, 2.45) is 0 Å². The highest BCUT2D eigenvalue weighted by Crippen LogP contribution is 2.25. The summed E-state index contributed by atoms with van der Waals surface area (Å²) in [6.45, 7) is 4.25. The van der Waals surface area contributed by atoms with Gasteiger partial charge in [-0.2, -0.15) is 0 Å². The maximum Gasteiger partial charge on any atom is 0.144 e. The molecule has 96 valence electrons. The van der Waals surface area contributed by atoms with Crippen LogP contribution in [0.25, 0.3) is 0 Å². The maximum atomic E-state index is 13.8. The molecule has 0 bridgehead atoms. The molecule has 0 saturated carbocycles. The van der Waals surface area contributed by atoms with Crippen molar-refractivity contribution < 1.29 is 8.78 Å². The molecule has 0 fully saturated rings. The molecule has 0 aliphatic heterocycles. The predicted molar refractivity (Wildman–Crippen MR) is 73.4 cm³/mol. The standard InChI is InChI=1S/C12H15Br2F2N/c1-12(2,7-13)17(3)6-8-10(15)5-4-9(14)11(8)16/h4-5H,6-7H2,1-3H3. The van der Waals surface area contributed by atoms with E-state index in [4.69, 9.17) is 0 Å². The van der Waals surface area contributed by atoms with Gasteiger partial charge in [0.05, 0.1) is 4.47 Å². The summed E-state index contributed by atoms with van der Waals surface area (Å²) in [4.78, 5) is 1.91. The van der Waals surface area contributed by atoms with Crippen LogP contribution in [0.2, 0.25) is 0 Å². The quantitative estimate of drug-likeness (QED) is 0.563. The SMILES string of the molecule is CN(Cc1c(F)ccc(Br)c1F)C(C)(C)CBr. The van der Waals surface area contributed by atoms with Gasteiger partial charge in [-0.1, -0.05) is 15.9 Å². The molecule has 0 unspecified atom stereocenters. The van der Waals surface area contributed by atoms with Crippen LogP contribution in [0, 0.1) is 11.6 Å². The molecule has 1 aromatic carbocycles. The zero-order valence-corrected chi connectivity index (χ0v) is 13.2. The lowest BCUT2D eigenvalue weighted by atomic mass is 10.1. The highest BCUT2D eigenvalue weighted by molar-refractivity contribution is 9.10. The largest absolute Gasteiger partial charge is 0.296 e. The van der Waals surface area contributed by atoms with Crippen LogP contribution < -0.4 is 0 Å². The van der Waals surface area contributed by atoms with Gasteiger partial charge in [0.1, 0.15) is 11.6 Å². The van der Waals surface area contributed by atoms with Gasteiger partial charge in [0.2, 0.25) is 0 Å². The molecule has 17 heavy (non-hydrogen) atoms. The summed E-state index contributed by atoms with van der Waals surface area (Å²) >= 11 is 6.47. The molecule has 1 rings (SSSR count). The van der Waals surface area contributed by atoms with E-state index in [1.807, 2.05) is 25.8 Å². The van der Waals surface area contributed by atoms with Gasteiger partial charge in [0, 0.05) is 23.0 Å². The van der Waals surface area contributed by atoms with Crippen LogP contribution in [0.5, 0.6) is 0 Å². The Bertz CT molecular complexity index is 408. The number of nitrogens with zero attached hydrogens (tertiary/aromatic N) is 1. The third-order valence-electron chi connectivity index (χ3n) is 2.89. The summed E-state index contributed by atoms with van der Waals surface area (Å²) in [6.07, 6.45) is 0. The Morgan fingerprint density at radius 2 is 1.88 bits per heavy atom. The normalized spacial score (nSPS) is 12.2. The highest BCUT2D eigenvalue weighted by atomic mass is 79.9. The molecule has 0 heterocycles. The summed E-state index contributed by atoms with van der Waals surface area (Å²) in [6, 6.07) is 2.65. The molecule has 0 spiro atoms. The monoisotopic (exact) mass is 369 g/mol. The van der Waals surface area contributed by atoms with Gasteiger partial charge in [-0.3, -0.25) is 4.90 Å². The summed E-state index contributed by atoms with van der Waals surface area (Å²) in [5.74, 6) is -1.04. The minimum Gasteiger partial charge on any atom is -0.296 e. The molecule has 5 heteroatoms. The molecule has 0 saturated heterocycles. The van der Waals surface area contributed by atoms with E-state index in [0.29, 0.717) is 4.47 Å². The van der Waals surface area contributed by atoms with Crippen LogP contribution in [0.1, 0.15) is 19.4 Å². The van der Waals surface area contributed by atoms with E-state index >= 15 is 0 Å². The van der Waals surface area contributed by atoms with Crippen LogP contribution in [-0.2, 0) is 6.54 Å². The van der Waals surface area contributed by atoms with Gasteiger partial charge < -0.3 is 0 Å². The predicted octanol–water partition coefficient (Wildman–Crippen LogP) is 4.33. The van der Waals surface area contributed by atoms with Crippen LogP contribution in [0.15, 0.2) is 16.6 Å². The number of hydrogen-bond acceptors (Lipinski definition) is 1. The molecule has 0 aromatic heterocycles. The number of hydrogen-bond donors (Lipinski definition) is 0. The average molecular weight is 371 g/mol.